The third-order valence-electron chi connectivity index (χ3n) is 5.72. The molecule has 146 valence electrons. The minimum Gasteiger partial charge on any atom is -0.445 e. The van der Waals surface area contributed by atoms with E-state index in [1.165, 1.54) is 0 Å². The van der Waals surface area contributed by atoms with E-state index in [0.29, 0.717) is 24.8 Å². The van der Waals surface area contributed by atoms with Crippen LogP contribution in [-0.2, 0) is 22.7 Å². The van der Waals surface area contributed by atoms with E-state index in [9.17, 15) is 9.59 Å². The molecule has 2 saturated carbocycles. The number of hydrogen-bond acceptors (Lipinski definition) is 4. The molecule has 6 heteroatoms. The quantitative estimate of drug-likeness (QED) is 0.719. The van der Waals surface area contributed by atoms with Gasteiger partial charge < -0.3 is 21.1 Å². The fraction of sp³-hybridized carbons (Fsp3) is 0.364. The first-order chi connectivity index (χ1) is 13.6. The van der Waals surface area contributed by atoms with Gasteiger partial charge in [0, 0.05) is 24.2 Å². The summed E-state index contributed by atoms with van der Waals surface area (Å²) in [7, 11) is 0. The van der Waals surface area contributed by atoms with Crippen LogP contribution in [0.1, 0.15) is 24.0 Å². The number of anilines is 1. The summed E-state index contributed by atoms with van der Waals surface area (Å²) in [4.78, 5) is 24.8. The average Bonchev–Trinajstić information content (AvgIpc) is 3.43. The van der Waals surface area contributed by atoms with Crippen LogP contribution in [0.15, 0.2) is 54.6 Å². The molecule has 2 amide bonds. The van der Waals surface area contributed by atoms with Crippen molar-refractivity contribution in [2.75, 3.05) is 5.32 Å². The molecule has 0 heterocycles. The molecule has 28 heavy (non-hydrogen) atoms. The van der Waals surface area contributed by atoms with Crippen molar-refractivity contribution < 1.29 is 14.3 Å². The number of ether oxygens (including phenoxy) is 1. The smallest absolute Gasteiger partial charge is 0.407 e. The Morgan fingerprint density at radius 3 is 2.57 bits per heavy atom. The van der Waals surface area contributed by atoms with Gasteiger partial charge in [-0.3, -0.25) is 4.79 Å². The molecule has 2 fully saturated rings. The molecule has 2 aromatic rings. The minimum atomic E-state index is -0.420. The number of hydrogen-bond donors (Lipinski definition) is 3. The monoisotopic (exact) mass is 379 g/mol. The first kappa shape index (κ1) is 18.5. The third kappa shape index (κ3) is 4.17. The molecule has 0 radical (unpaired) electrons. The molecule has 4 N–H and O–H groups in total. The predicted molar refractivity (Wildman–Crippen MR) is 106 cm³/mol. The van der Waals surface area contributed by atoms with Crippen LogP contribution in [0.25, 0.3) is 0 Å². The molecule has 6 nitrogen and oxygen atoms in total. The van der Waals surface area contributed by atoms with Crippen LogP contribution < -0.4 is 16.4 Å². The number of nitrogens with one attached hydrogen (secondary N) is 2. The Balaban J connectivity index is 1.28. The number of carbonyl (C=O) groups is 2. The van der Waals surface area contributed by atoms with Crippen LogP contribution in [0.4, 0.5) is 10.5 Å². The van der Waals surface area contributed by atoms with E-state index in [1.54, 1.807) is 0 Å². The van der Waals surface area contributed by atoms with Gasteiger partial charge in [0.25, 0.3) is 0 Å². The molecule has 0 aromatic heterocycles. The molecular formula is C22H25N3O3. The van der Waals surface area contributed by atoms with Gasteiger partial charge in [-0.15, -0.1) is 0 Å². The van der Waals surface area contributed by atoms with Crippen LogP contribution >= 0.6 is 0 Å². The van der Waals surface area contributed by atoms with Crippen LogP contribution in [0, 0.1) is 17.8 Å². The van der Waals surface area contributed by atoms with Gasteiger partial charge in [0.2, 0.25) is 5.91 Å². The Hall–Kier alpha value is -2.86. The maximum atomic E-state index is 12.7. The lowest BCUT2D eigenvalue weighted by atomic mass is 10.0. The highest BCUT2D eigenvalue weighted by molar-refractivity contribution is 5.93. The Morgan fingerprint density at radius 2 is 1.79 bits per heavy atom. The molecule has 4 atom stereocenters. The van der Waals surface area contributed by atoms with Gasteiger partial charge in [-0.25, -0.2) is 4.79 Å². The summed E-state index contributed by atoms with van der Waals surface area (Å²) in [6, 6.07) is 17.2. The summed E-state index contributed by atoms with van der Waals surface area (Å²) in [5, 5.41) is 5.95. The maximum absolute atomic E-state index is 12.7. The molecule has 4 rings (SSSR count). The highest BCUT2D eigenvalue weighted by Gasteiger charge is 2.57. The normalized spacial score (nSPS) is 24.9. The van der Waals surface area contributed by atoms with E-state index < -0.39 is 6.09 Å². The SMILES string of the molecule is NCc1cccc(NC(=O)[C@@H]2C[C@H](NC(=O)OCc3ccccc3)[C@H]3C[C@H]32)c1. The van der Waals surface area contributed by atoms with Crippen LogP contribution in [-0.4, -0.2) is 18.0 Å². The number of benzene rings is 2. The zero-order valence-electron chi connectivity index (χ0n) is 15.6. The molecule has 0 bridgehead atoms. The largest absolute Gasteiger partial charge is 0.445 e. The molecule has 2 aromatic carbocycles. The predicted octanol–water partition coefficient (Wildman–Crippen LogP) is 3.03. The molecule has 2 aliphatic carbocycles. The summed E-state index contributed by atoms with van der Waals surface area (Å²) in [6.07, 6.45) is 1.21. The number of amides is 2. The Morgan fingerprint density at radius 1 is 1.00 bits per heavy atom. The van der Waals surface area contributed by atoms with E-state index in [0.717, 1.165) is 23.2 Å². The van der Waals surface area contributed by atoms with Crippen molar-refractivity contribution in [2.24, 2.45) is 23.5 Å². The third-order valence-corrected chi connectivity index (χ3v) is 5.72. The Kier molecular flexibility index (Phi) is 5.30. The molecule has 0 spiro atoms. The zero-order chi connectivity index (χ0) is 19.5. The van der Waals surface area contributed by atoms with Gasteiger partial charge >= 0.3 is 6.09 Å². The lowest BCUT2D eigenvalue weighted by Crippen LogP contribution is -2.36. The van der Waals surface area contributed by atoms with Gasteiger partial charge in [0.15, 0.2) is 0 Å². The van der Waals surface area contributed by atoms with Crippen molar-refractivity contribution in [3.63, 3.8) is 0 Å². The van der Waals surface area contributed by atoms with Gasteiger partial charge in [-0.2, -0.15) is 0 Å². The number of alkyl carbamates (subject to hydrolysis) is 1. The number of fused-ring (bicyclic) bond motifs is 1. The van der Waals surface area contributed by atoms with Crippen molar-refractivity contribution in [2.45, 2.75) is 32.0 Å². The fourth-order valence-electron chi connectivity index (χ4n) is 4.18. The lowest BCUT2D eigenvalue weighted by Gasteiger charge is -2.18. The van der Waals surface area contributed by atoms with Gasteiger partial charge in [0.05, 0.1) is 0 Å². The molecule has 0 saturated heterocycles. The standard InChI is InChI=1S/C22H25N3O3/c23-12-15-7-4-8-16(9-15)24-21(26)19-11-20(18-10-17(18)19)25-22(27)28-13-14-5-2-1-3-6-14/h1-9,17-20H,10-13,23H2,(H,24,26)(H,25,27)/t17-,18+,19-,20+/m1/s1. The van der Waals surface area contributed by atoms with Gasteiger partial charge in [0.1, 0.15) is 6.61 Å². The van der Waals surface area contributed by atoms with Crippen molar-refractivity contribution in [1.82, 2.24) is 5.32 Å². The highest BCUT2D eigenvalue weighted by atomic mass is 16.5. The second-order valence-electron chi connectivity index (χ2n) is 7.61. The maximum Gasteiger partial charge on any atom is 0.407 e. The van der Waals surface area contributed by atoms with E-state index in [4.69, 9.17) is 10.5 Å². The lowest BCUT2D eigenvalue weighted by molar-refractivity contribution is -0.120. The zero-order valence-corrected chi connectivity index (χ0v) is 15.6. The molecular weight excluding hydrogens is 354 g/mol. The second kappa shape index (κ2) is 8.02. The van der Waals surface area contributed by atoms with Crippen molar-refractivity contribution >= 4 is 17.7 Å². The van der Waals surface area contributed by atoms with Crippen molar-refractivity contribution in [1.29, 1.82) is 0 Å². The van der Waals surface area contributed by atoms with E-state index in [-0.39, 0.29) is 24.5 Å². The number of nitrogens with two attached hydrogens (primary N) is 1. The van der Waals surface area contributed by atoms with Crippen molar-refractivity contribution in [3.05, 3.63) is 65.7 Å². The van der Waals surface area contributed by atoms with Crippen LogP contribution in [0.5, 0.6) is 0 Å². The van der Waals surface area contributed by atoms with Crippen LogP contribution in [0.2, 0.25) is 0 Å². The van der Waals surface area contributed by atoms with E-state index in [1.807, 2.05) is 54.6 Å². The fourth-order valence-corrected chi connectivity index (χ4v) is 4.18. The highest BCUT2D eigenvalue weighted by Crippen LogP contribution is 2.55. The van der Waals surface area contributed by atoms with E-state index in [2.05, 4.69) is 10.6 Å². The summed E-state index contributed by atoms with van der Waals surface area (Å²) < 4.78 is 5.31. The second-order valence-corrected chi connectivity index (χ2v) is 7.61. The molecule has 0 aliphatic heterocycles. The molecule has 0 unspecified atom stereocenters. The summed E-state index contributed by atoms with van der Waals surface area (Å²) >= 11 is 0. The minimum absolute atomic E-state index is 0.000556. The topological polar surface area (TPSA) is 93.5 Å². The Bertz CT molecular complexity index is 855. The van der Waals surface area contributed by atoms with Crippen LogP contribution in [0.3, 0.4) is 0 Å². The number of carbonyl (C=O) groups excluding carboxylic acids is 2. The first-order valence-corrected chi connectivity index (χ1v) is 9.71. The Labute approximate surface area is 164 Å². The van der Waals surface area contributed by atoms with Gasteiger partial charge in [-0.05, 0) is 47.9 Å². The molecule has 2 aliphatic rings. The first-order valence-electron chi connectivity index (χ1n) is 9.71. The summed E-state index contributed by atoms with van der Waals surface area (Å²) in [5.41, 5.74) is 8.36. The average molecular weight is 379 g/mol. The summed E-state index contributed by atoms with van der Waals surface area (Å²) in [6.45, 7) is 0.684. The van der Waals surface area contributed by atoms with Crippen molar-refractivity contribution in [3.8, 4) is 0 Å². The number of rotatable bonds is 6. The van der Waals surface area contributed by atoms with E-state index >= 15 is 0 Å². The summed E-state index contributed by atoms with van der Waals surface area (Å²) in [5.74, 6) is 0.655. The van der Waals surface area contributed by atoms with Gasteiger partial charge in [-0.1, -0.05) is 42.5 Å².